The third-order valence-electron chi connectivity index (χ3n) is 7.05. The van der Waals surface area contributed by atoms with Crippen LogP contribution in [-0.4, -0.2) is 10.9 Å². The monoisotopic (exact) mass is 422 g/mol. The predicted octanol–water partition coefficient (Wildman–Crippen LogP) is 6.72. The number of hydrogen-bond donors (Lipinski definition) is 1. The molecule has 0 atom stereocenters. The van der Waals surface area contributed by atoms with Crippen LogP contribution in [0.1, 0.15) is 50.0 Å². The Morgan fingerprint density at radius 3 is 2.67 bits per heavy atom. The number of pyridine rings is 1. The van der Waals surface area contributed by atoms with E-state index >= 15 is 0 Å². The number of nitrogens with zero attached hydrogens (tertiary/aromatic N) is 1. The molecule has 3 nitrogen and oxygen atoms in total. The SMILES string of the molecule is O=C(Nc1cccc(Cl)c1)C1CC2(CCC(c3ccnc4ccc(F)cc34)CC2)C1. The van der Waals surface area contributed by atoms with Gasteiger partial charge in [0, 0.05) is 28.2 Å². The number of amides is 1. The Hall–Kier alpha value is -2.46. The first-order valence-electron chi connectivity index (χ1n) is 10.6. The Kier molecular flexibility index (Phi) is 4.98. The first-order chi connectivity index (χ1) is 14.5. The van der Waals surface area contributed by atoms with Crippen molar-refractivity contribution in [1.29, 1.82) is 0 Å². The molecule has 2 aliphatic carbocycles. The van der Waals surface area contributed by atoms with Crippen molar-refractivity contribution >= 4 is 34.1 Å². The minimum Gasteiger partial charge on any atom is -0.326 e. The van der Waals surface area contributed by atoms with Crippen LogP contribution >= 0.6 is 11.6 Å². The summed E-state index contributed by atoms with van der Waals surface area (Å²) in [5.74, 6) is 0.399. The van der Waals surface area contributed by atoms with Crippen LogP contribution < -0.4 is 5.32 Å². The molecule has 0 radical (unpaired) electrons. The first-order valence-corrected chi connectivity index (χ1v) is 11.0. The lowest BCUT2D eigenvalue weighted by Gasteiger charge is -2.51. The molecule has 5 heteroatoms. The van der Waals surface area contributed by atoms with Crippen LogP contribution in [0.3, 0.4) is 0 Å². The van der Waals surface area contributed by atoms with Crippen LogP contribution in [0.5, 0.6) is 0 Å². The van der Waals surface area contributed by atoms with Crippen LogP contribution in [0, 0.1) is 17.2 Å². The van der Waals surface area contributed by atoms with Crippen molar-refractivity contribution in [2.24, 2.45) is 11.3 Å². The van der Waals surface area contributed by atoms with Gasteiger partial charge in [0.15, 0.2) is 0 Å². The van der Waals surface area contributed by atoms with Crippen molar-refractivity contribution in [3.63, 3.8) is 0 Å². The van der Waals surface area contributed by atoms with Crippen molar-refractivity contribution in [3.8, 4) is 0 Å². The number of benzene rings is 2. The third-order valence-corrected chi connectivity index (χ3v) is 7.28. The van der Waals surface area contributed by atoms with Crippen molar-refractivity contribution in [2.45, 2.75) is 44.4 Å². The highest BCUT2D eigenvalue weighted by molar-refractivity contribution is 6.30. The summed E-state index contributed by atoms with van der Waals surface area (Å²) < 4.78 is 13.8. The van der Waals surface area contributed by atoms with E-state index in [1.807, 2.05) is 24.4 Å². The molecule has 1 aromatic heterocycles. The fraction of sp³-hybridized carbons (Fsp3) is 0.360. The average molecular weight is 423 g/mol. The molecule has 1 heterocycles. The highest BCUT2D eigenvalue weighted by Gasteiger charge is 2.48. The van der Waals surface area contributed by atoms with Crippen molar-refractivity contribution in [1.82, 2.24) is 4.98 Å². The molecule has 3 aromatic rings. The van der Waals surface area contributed by atoms with E-state index < -0.39 is 0 Å². The maximum atomic E-state index is 13.8. The van der Waals surface area contributed by atoms with E-state index in [9.17, 15) is 9.18 Å². The summed E-state index contributed by atoms with van der Waals surface area (Å²) in [5, 5.41) is 4.56. The van der Waals surface area contributed by atoms with Crippen LogP contribution in [0.4, 0.5) is 10.1 Å². The van der Waals surface area contributed by atoms with Gasteiger partial charge in [-0.3, -0.25) is 9.78 Å². The summed E-state index contributed by atoms with van der Waals surface area (Å²) in [4.78, 5) is 17.0. The molecule has 0 unspecified atom stereocenters. The minimum absolute atomic E-state index is 0.0800. The quantitative estimate of drug-likeness (QED) is 0.509. The summed E-state index contributed by atoms with van der Waals surface area (Å²) >= 11 is 6.01. The van der Waals surface area contributed by atoms with E-state index in [1.165, 1.54) is 11.6 Å². The number of halogens is 2. The van der Waals surface area contributed by atoms with Crippen LogP contribution in [0.2, 0.25) is 5.02 Å². The predicted molar refractivity (Wildman–Crippen MR) is 118 cm³/mol. The molecule has 2 aliphatic rings. The van der Waals surface area contributed by atoms with Gasteiger partial charge in [0.1, 0.15) is 5.82 Å². The topological polar surface area (TPSA) is 42.0 Å². The van der Waals surface area contributed by atoms with Crippen LogP contribution in [-0.2, 0) is 4.79 Å². The van der Waals surface area contributed by atoms with E-state index in [0.717, 1.165) is 55.1 Å². The molecule has 0 bridgehead atoms. The first kappa shape index (κ1) is 19.5. The lowest BCUT2D eigenvalue weighted by atomic mass is 9.54. The fourth-order valence-corrected chi connectivity index (χ4v) is 5.62. The molecule has 2 aromatic carbocycles. The number of fused-ring (bicyclic) bond motifs is 1. The molecule has 1 N–H and O–H groups in total. The number of anilines is 1. The van der Waals surface area contributed by atoms with Crippen LogP contribution in [0.25, 0.3) is 10.9 Å². The van der Waals surface area contributed by atoms with E-state index in [1.54, 1.807) is 24.3 Å². The Labute approximate surface area is 180 Å². The zero-order valence-corrected chi connectivity index (χ0v) is 17.5. The lowest BCUT2D eigenvalue weighted by molar-refractivity contribution is -0.128. The molecular weight excluding hydrogens is 399 g/mol. The molecule has 0 saturated heterocycles. The number of hydrogen-bond acceptors (Lipinski definition) is 2. The van der Waals surface area contributed by atoms with Gasteiger partial charge in [-0.2, -0.15) is 0 Å². The maximum Gasteiger partial charge on any atom is 0.227 e. The number of aromatic nitrogens is 1. The molecule has 30 heavy (non-hydrogen) atoms. The third kappa shape index (κ3) is 3.69. The van der Waals surface area contributed by atoms with E-state index in [0.29, 0.717) is 16.4 Å². The second-order valence-corrected chi connectivity index (χ2v) is 9.38. The van der Waals surface area contributed by atoms with Gasteiger partial charge >= 0.3 is 0 Å². The number of nitrogens with one attached hydrogen (secondary N) is 1. The molecule has 0 aliphatic heterocycles. The van der Waals surface area contributed by atoms with Crippen molar-refractivity contribution in [3.05, 3.63) is 71.1 Å². The molecule has 154 valence electrons. The number of rotatable bonds is 3. The Morgan fingerprint density at radius 2 is 1.90 bits per heavy atom. The Balaban J connectivity index is 1.21. The standard InChI is InChI=1S/C25H24ClFN2O/c26-18-2-1-3-20(12-18)29-24(30)17-14-25(15-17)9-6-16(7-10-25)21-8-11-28-23-5-4-19(27)13-22(21)23/h1-5,8,11-13,16-17H,6-7,9-10,14-15H2,(H,29,30). The van der Waals surface area contributed by atoms with Crippen LogP contribution in [0.15, 0.2) is 54.7 Å². The van der Waals surface area contributed by atoms with Crippen molar-refractivity contribution < 1.29 is 9.18 Å². The largest absolute Gasteiger partial charge is 0.326 e. The van der Waals surface area contributed by atoms with Gasteiger partial charge in [0.05, 0.1) is 5.52 Å². The summed E-state index contributed by atoms with van der Waals surface area (Å²) in [6, 6.07) is 14.2. The van der Waals surface area contributed by atoms with E-state index in [-0.39, 0.29) is 17.6 Å². The van der Waals surface area contributed by atoms with Gasteiger partial charge < -0.3 is 5.32 Å². The summed E-state index contributed by atoms with van der Waals surface area (Å²) in [5.41, 5.74) is 3.12. The van der Waals surface area contributed by atoms with E-state index in [2.05, 4.69) is 10.3 Å². The second-order valence-electron chi connectivity index (χ2n) is 8.94. The Morgan fingerprint density at radius 1 is 1.10 bits per heavy atom. The van der Waals surface area contributed by atoms with Gasteiger partial charge in [0.2, 0.25) is 5.91 Å². The zero-order chi connectivity index (χ0) is 20.7. The smallest absolute Gasteiger partial charge is 0.227 e. The molecule has 1 spiro atoms. The molecular formula is C25H24ClFN2O. The summed E-state index contributed by atoms with van der Waals surface area (Å²) in [6.07, 6.45) is 8.15. The average Bonchev–Trinajstić information content (AvgIpc) is 2.71. The number of carbonyl (C=O) groups excluding carboxylic acids is 1. The zero-order valence-electron chi connectivity index (χ0n) is 16.7. The van der Waals surface area contributed by atoms with Gasteiger partial charge in [-0.25, -0.2) is 4.39 Å². The molecule has 1 amide bonds. The summed E-state index contributed by atoms with van der Waals surface area (Å²) in [6.45, 7) is 0. The van der Waals surface area contributed by atoms with Crippen molar-refractivity contribution in [2.75, 3.05) is 5.32 Å². The highest BCUT2D eigenvalue weighted by Crippen LogP contribution is 2.57. The van der Waals surface area contributed by atoms with Gasteiger partial charge in [-0.1, -0.05) is 17.7 Å². The molecule has 2 fully saturated rings. The number of carbonyl (C=O) groups is 1. The molecule has 2 saturated carbocycles. The lowest BCUT2D eigenvalue weighted by Crippen LogP contribution is -2.45. The molecule has 5 rings (SSSR count). The normalized spacial score (nSPS) is 25.8. The summed E-state index contributed by atoms with van der Waals surface area (Å²) in [7, 11) is 0. The maximum absolute atomic E-state index is 13.8. The van der Waals surface area contributed by atoms with E-state index in [4.69, 9.17) is 11.6 Å². The van der Waals surface area contributed by atoms with Gasteiger partial charge in [0.25, 0.3) is 0 Å². The van der Waals surface area contributed by atoms with Gasteiger partial charge in [-0.15, -0.1) is 0 Å². The highest BCUT2D eigenvalue weighted by atomic mass is 35.5. The Bertz CT molecular complexity index is 1100. The van der Waals surface area contributed by atoms with Gasteiger partial charge in [-0.05, 0) is 97.9 Å². The fourth-order valence-electron chi connectivity index (χ4n) is 5.43. The minimum atomic E-state index is -0.211. The second kappa shape index (κ2) is 7.66.